The van der Waals surface area contributed by atoms with Crippen LogP contribution in [-0.4, -0.2) is 42.3 Å². The van der Waals surface area contributed by atoms with Gasteiger partial charge < -0.3 is 5.11 Å². The summed E-state index contributed by atoms with van der Waals surface area (Å²) in [6, 6.07) is 0. The van der Waals surface area contributed by atoms with Crippen molar-refractivity contribution in [3.8, 4) is 0 Å². The number of nitrogens with zero attached hydrogens (tertiary/aromatic N) is 1. The van der Waals surface area contributed by atoms with E-state index in [1.165, 1.54) is 4.31 Å². The molecule has 0 aromatic heterocycles. The van der Waals surface area contributed by atoms with Crippen molar-refractivity contribution in [2.75, 3.05) is 13.1 Å². The number of aliphatic hydroxyl groups excluding tert-OH is 1. The smallest absolute Gasteiger partial charge is 0.217 e. The van der Waals surface area contributed by atoms with Crippen LogP contribution < -0.4 is 0 Å². The highest BCUT2D eigenvalue weighted by Crippen LogP contribution is 2.27. The zero-order valence-electron chi connectivity index (χ0n) is 9.64. The molecule has 1 atom stereocenters. The van der Waals surface area contributed by atoms with Gasteiger partial charge in [-0.2, -0.15) is 4.31 Å². The molecule has 0 aromatic rings. The van der Waals surface area contributed by atoms with Gasteiger partial charge in [-0.3, -0.25) is 0 Å². The van der Waals surface area contributed by atoms with Gasteiger partial charge in [0.25, 0.3) is 0 Å². The highest BCUT2D eigenvalue weighted by molar-refractivity contribution is 7.89. The van der Waals surface area contributed by atoms with Crippen LogP contribution in [0.5, 0.6) is 0 Å². The summed E-state index contributed by atoms with van der Waals surface area (Å²) in [5.41, 5.74) is 0. The average Bonchev–Trinajstić information content (AvgIpc) is 2.30. The van der Waals surface area contributed by atoms with E-state index in [0.29, 0.717) is 13.1 Å². The number of rotatable bonds is 2. The van der Waals surface area contributed by atoms with Crippen molar-refractivity contribution in [3.05, 3.63) is 0 Å². The van der Waals surface area contributed by atoms with E-state index in [1.54, 1.807) is 0 Å². The molecule has 0 amide bonds. The molecule has 2 rings (SSSR count). The van der Waals surface area contributed by atoms with Crippen molar-refractivity contribution in [2.24, 2.45) is 0 Å². The van der Waals surface area contributed by atoms with E-state index in [0.717, 1.165) is 44.9 Å². The van der Waals surface area contributed by atoms with Crippen molar-refractivity contribution >= 4 is 10.0 Å². The Hall–Kier alpha value is -0.130. The molecule has 1 aliphatic carbocycles. The molecule has 1 saturated carbocycles. The SMILES string of the molecule is O=S(=O)(C1CCCCC1)N1CCC[C@H](O)C1. The van der Waals surface area contributed by atoms with Gasteiger partial charge in [0.15, 0.2) is 0 Å². The number of β-amino-alcohol motifs (C(OH)–C–C–N with tert-alkyl or cyclic N) is 1. The maximum absolute atomic E-state index is 12.3. The third kappa shape index (κ3) is 2.57. The van der Waals surface area contributed by atoms with Gasteiger partial charge in [0.05, 0.1) is 11.4 Å². The molecular formula is C11H21NO3S. The summed E-state index contributed by atoms with van der Waals surface area (Å²) in [6.45, 7) is 0.898. The Morgan fingerprint density at radius 1 is 1.00 bits per heavy atom. The van der Waals surface area contributed by atoms with Gasteiger partial charge in [-0.25, -0.2) is 8.42 Å². The quantitative estimate of drug-likeness (QED) is 0.795. The van der Waals surface area contributed by atoms with Gasteiger partial charge >= 0.3 is 0 Å². The Balaban J connectivity index is 2.05. The summed E-state index contributed by atoms with van der Waals surface area (Å²) in [7, 11) is -3.14. The van der Waals surface area contributed by atoms with Crippen molar-refractivity contribution in [1.82, 2.24) is 4.31 Å². The first-order valence-electron chi connectivity index (χ1n) is 6.28. The van der Waals surface area contributed by atoms with Gasteiger partial charge in [0.1, 0.15) is 0 Å². The van der Waals surface area contributed by atoms with E-state index in [1.807, 2.05) is 0 Å². The third-order valence-corrected chi connectivity index (χ3v) is 6.06. The van der Waals surface area contributed by atoms with Crippen LogP contribution in [0.1, 0.15) is 44.9 Å². The Labute approximate surface area is 97.7 Å². The second-order valence-corrected chi connectivity index (χ2v) is 7.17. The molecule has 1 N–H and O–H groups in total. The predicted octanol–water partition coefficient (Wildman–Crippen LogP) is 1.11. The standard InChI is InChI=1S/C11H21NO3S/c13-10-5-4-8-12(9-10)16(14,15)11-6-2-1-3-7-11/h10-11,13H,1-9H2/t10-/m0/s1. The summed E-state index contributed by atoms with van der Waals surface area (Å²) < 4.78 is 26.1. The number of sulfonamides is 1. The van der Waals surface area contributed by atoms with E-state index in [2.05, 4.69) is 0 Å². The Morgan fingerprint density at radius 2 is 1.69 bits per heavy atom. The molecular weight excluding hydrogens is 226 g/mol. The molecule has 0 radical (unpaired) electrons. The molecule has 2 fully saturated rings. The summed E-state index contributed by atoms with van der Waals surface area (Å²) in [5, 5.41) is 9.35. The van der Waals surface area contributed by atoms with Crippen molar-refractivity contribution < 1.29 is 13.5 Å². The normalized spacial score (nSPS) is 30.4. The monoisotopic (exact) mass is 247 g/mol. The molecule has 1 heterocycles. The fourth-order valence-electron chi connectivity index (χ4n) is 2.73. The van der Waals surface area contributed by atoms with Crippen LogP contribution in [0, 0.1) is 0 Å². The summed E-state index contributed by atoms with van der Waals surface area (Å²) in [4.78, 5) is 0. The highest BCUT2D eigenvalue weighted by atomic mass is 32.2. The topological polar surface area (TPSA) is 57.6 Å². The van der Waals surface area contributed by atoms with Gasteiger partial charge in [0, 0.05) is 13.1 Å². The second kappa shape index (κ2) is 5.02. The zero-order chi connectivity index (χ0) is 11.6. The molecule has 16 heavy (non-hydrogen) atoms. The number of aliphatic hydroxyl groups is 1. The Bertz CT molecular complexity index is 322. The lowest BCUT2D eigenvalue weighted by atomic mass is 10.0. The average molecular weight is 247 g/mol. The highest BCUT2D eigenvalue weighted by Gasteiger charge is 2.35. The van der Waals surface area contributed by atoms with E-state index in [4.69, 9.17) is 0 Å². The van der Waals surface area contributed by atoms with E-state index in [-0.39, 0.29) is 5.25 Å². The molecule has 0 bridgehead atoms. The maximum atomic E-state index is 12.3. The molecule has 94 valence electrons. The number of hydrogen-bond donors (Lipinski definition) is 1. The first kappa shape index (κ1) is 12.3. The van der Waals surface area contributed by atoms with Crippen LogP contribution in [0.25, 0.3) is 0 Å². The van der Waals surface area contributed by atoms with Crippen LogP contribution in [0.15, 0.2) is 0 Å². The predicted molar refractivity (Wildman–Crippen MR) is 62.6 cm³/mol. The molecule has 1 aliphatic heterocycles. The molecule has 0 unspecified atom stereocenters. The Morgan fingerprint density at radius 3 is 2.31 bits per heavy atom. The van der Waals surface area contributed by atoms with Crippen molar-refractivity contribution in [3.63, 3.8) is 0 Å². The van der Waals surface area contributed by atoms with Crippen molar-refractivity contribution in [2.45, 2.75) is 56.3 Å². The lowest BCUT2D eigenvalue weighted by Crippen LogP contribution is -2.46. The fraction of sp³-hybridized carbons (Fsp3) is 1.00. The van der Waals surface area contributed by atoms with Gasteiger partial charge in [-0.1, -0.05) is 19.3 Å². The third-order valence-electron chi connectivity index (χ3n) is 3.69. The van der Waals surface area contributed by atoms with Crippen LogP contribution in [-0.2, 0) is 10.0 Å². The molecule has 4 nitrogen and oxygen atoms in total. The minimum atomic E-state index is -3.14. The molecule has 0 spiro atoms. The first-order chi connectivity index (χ1) is 7.60. The van der Waals surface area contributed by atoms with Crippen LogP contribution in [0.4, 0.5) is 0 Å². The van der Waals surface area contributed by atoms with Gasteiger partial charge in [0.2, 0.25) is 10.0 Å². The molecule has 0 aromatic carbocycles. The largest absolute Gasteiger partial charge is 0.392 e. The molecule has 2 aliphatic rings. The second-order valence-electron chi connectivity index (χ2n) is 4.96. The first-order valence-corrected chi connectivity index (χ1v) is 7.78. The summed E-state index contributed by atoms with van der Waals surface area (Å²) in [5.74, 6) is 0. The van der Waals surface area contributed by atoms with Crippen molar-refractivity contribution in [1.29, 1.82) is 0 Å². The van der Waals surface area contributed by atoms with Gasteiger partial charge in [-0.15, -0.1) is 0 Å². The maximum Gasteiger partial charge on any atom is 0.217 e. The van der Waals surface area contributed by atoms with Crippen LogP contribution in [0.2, 0.25) is 0 Å². The molecule has 5 heteroatoms. The number of piperidine rings is 1. The molecule has 1 saturated heterocycles. The number of hydrogen-bond acceptors (Lipinski definition) is 3. The van der Waals surface area contributed by atoms with E-state index < -0.39 is 16.1 Å². The fourth-order valence-corrected chi connectivity index (χ4v) is 4.84. The van der Waals surface area contributed by atoms with E-state index >= 15 is 0 Å². The minimum Gasteiger partial charge on any atom is -0.392 e. The minimum absolute atomic E-state index is 0.188. The summed E-state index contributed by atoms with van der Waals surface area (Å²) >= 11 is 0. The lowest BCUT2D eigenvalue weighted by Gasteiger charge is -2.33. The Kier molecular flexibility index (Phi) is 3.87. The van der Waals surface area contributed by atoms with E-state index in [9.17, 15) is 13.5 Å². The summed E-state index contributed by atoms with van der Waals surface area (Å²) in [6.07, 6.45) is 5.87. The van der Waals surface area contributed by atoms with Gasteiger partial charge in [-0.05, 0) is 25.7 Å². The zero-order valence-corrected chi connectivity index (χ0v) is 10.5. The lowest BCUT2D eigenvalue weighted by molar-refractivity contribution is 0.107. The van der Waals surface area contributed by atoms with Crippen LogP contribution >= 0.6 is 0 Å². The van der Waals surface area contributed by atoms with Crippen LogP contribution in [0.3, 0.4) is 0 Å².